The van der Waals surface area contributed by atoms with Crippen molar-refractivity contribution in [1.29, 1.82) is 0 Å². The number of hydrogen-bond acceptors (Lipinski definition) is 4. The average molecular weight is 369 g/mol. The number of para-hydroxylation sites is 1. The topological polar surface area (TPSA) is 63.1 Å². The predicted molar refractivity (Wildman–Crippen MR) is 108 cm³/mol. The summed E-state index contributed by atoms with van der Waals surface area (Å²) in [7, 11) is 0. The fourth-order valence-corrected chi connectivity index (χ4v) is 2.82. The molecule has 0 atom stereocenters. The molecule has 0 fully saturated rings. The van der Waals surface area contributed by atoms with Gasteiger partial charge in [0.05, 0.1) is 17.8 Å². The third-order valence-corrected chi connectivity index (χ3v) is 4.27. The molecule has 1 N–H and O–H groups in total. The number of carbonyl (C=O) groups excluding carboxylic acids is 1. The molecule has 0 aliphatic rings. The zero-order chi connectivity index (χ0) is 19.2. The second-order valence-electron chi connectivity index (χ2n) is 6.22. The Morgan fingerprint density at radius 2 is 1.71 bits per heavy atom. The molecule has 2 aromatic carbocycles. The molecule has 2 heterocycles. The number of hydrogen-bond donors (Lipinski definition) is 1. The van der Waals surface area contributed by atoms with Crippen molar-refractivity contribution in [3.05, 3.63) is 109 Å². The van der Waals surface area contributed by atoms with Gasteiger partial charge in [-0.05, 0) is 29.8 Å². The summed E-state index contributed by atoms with van der Waals surface area (Å²) in [5.41, 5.74) is 5.47. The van der Waals surface area contributed by atoms with Gasteiger partial charge in [0.15, 0.2) is 0 Å². The number of nitrogens with one attached hydrogen (secondary N) is 1. The van der Waals surface area contributed by atoms with Gasteiger partial charge in [-0.3, -0.25) is 19.8 Å². The quantitative estimate of drug-likeness (QED) is 0.527. The lowest BCUT2D eigenvalue weighted by atomic mass is 10.2. The maximum Gasteiger partial charge on any atom is 0.271 e. The van der Waals surface area contributed by atoms with Crippen LogP contribution in [0.5, 0.6) is 0 Å². The molecule has 0 spiro atoms. The van der Waals surface area contributed by atoms with Crippen molar-refractivity contribution in [1.82, 2.24) is 20.0 Å². The minimum absolute atomic E-state index is 0.218. The van der Waals surface area contributed by atoms with E-state index >= 15 is 0 Å². The number of carbonyl (C=O) groups is 1. The van der Waals surface area contributed by atoms with Crippen molar-refractivity contribution in [2.24, 2.45) is 0 Å². The highest BCUT2D eigenvalue weighted by atomic mass is 16.2. The van der Waals surface area contributed by atoms with Crippen molar-refractivity contribution < 1.29 is 4.79 Å². The standard InChI is InChI=1S/C22H19N5O/c28-22(19-11-12-21(24-15-19)26-14-13-23-17-26)25-27(20-9-5-2-6-10-20)16-18-7-3-1-4-8-18/h1-15,17H,16H2,(H,25,28). The highest BCUT2D eigenvalue weighted by Gasteiger charge is 2.13. The second-order valence-corrected chi connectivity index (χ2v) is 6.22. The predicted octanol–water partition coefficient (Wildman–Crippen LogP) is 3.62. The summed E-state index contributed by atoms with van der Waals surface area (Å²) in [6.07, 6.45) is 6.72. The smallest absolute Gasteiger partial charge is 0.271 e. The molecule has 4 rings (SSSR count). The molecule has 138 valence electrons. The number of pyridine rings is 1. The van der Waals surface area contributed by atoms with Crippen LogP contribution in [0.3, 0.4) is 0 Å². The normalized spacial score (nSPS) is 10.4. The zero-order valence-corrected chi connectivity index (χ0v) is 15.1. The largest absolute Gasteiger partial charge is 0.291 e. The Balaban J connectivity index is 1.53. The maximum absolute atomic E-state index is 12.8. The Kier molecular flexibility index (Phi) is 5.11. The van der Waals surface area contributed by atoms with Crippen LogP contribution in [0.1, 0.15) is 15.9 Å². The molecule has 2 aromatic heterocycles. The van der Waals surface area contributed by atoms with Gasteiger partial charge in [-0.1, -0.05) is 48.5 Å². The number of amides is 1. The average Bonchev–Trinajstić information content (AvgIpc) is 3.30. The van der Waals surface area contributed by atoms with Crippen LogP contribution >= 0.6 is 0 Å². The van der Waals surface area contributed by atoms with E-state index in [0.717, 1.165) is 11.3 Å². The van der Waals surface area contributed by atoms with E-state index in [4.69, 9.17) is 0 Å². The Morgan fingerprint density at radius 1 is 0.964 bits per heavy atom. The first-order chi connectivity index (χ1) is 13.8. The zero-order valence-electron chi connectivity index (χ0n) is 15.1. The number of nitrogens with zero attached hydrogens (tertiary/aromatic N) is 4. The summed E-state index contributed by atoms with van der Waals surface area (Å²) in [4.78, 5) is 21.2. The summed E-state index contributed by atoms with van der Waals surface area (Å²) in [5, 5.41) is 1.83. The number of anilines is 1. The van der Waals surface area contributed by atoms with Crippen LogP contribution in [-0.4, -0.2) is 20.4 Å². The van der Waals surface area contributed by atoms with Gasteiger partial charge in [-0.25, -0.2) is 9.97 Å². The Morgan fingerprint density at radius 3 is 2.36 bits per heavy atom. The summed E-state index contributed by atoms with van der Waals surface area (Å²) >= 11 is 0. The minimum Gasteiger partial charge on any atom is -0.291 e. The monoisotopic (exact) mass is 369 g/mol. The van der Waals surface area contributed by atoms with E-state index in [1.807, 2.05) is 65.7 Å². The summed E-state index contributed by atoms with van der Waals surface area (Å²) in [5.74, 6) is 0.489. The van der Waals surface area contributed by atoms with Crippen LogP contribution in [0, 0.1) is 0 Å². The first-order valence-corrected chi connectivity index (χ1v) is 8.91. The van der Waals surface area contributed by atoms with Crippen molar-refractivity contribution in [2.45, 2.75) is 6.54 Å². The molecular weight excluding hydrogens is 350 g/mol. The second kappa shape index (κ2) is 8.18. The summed E-state index contributed by atoms with van der Waals surface area (Å²) in [6, 6.07) is 23.3. The maximum atomic E-state index is 12.8. The Hall–Kier alpha value is -3.93. The molecule has 0 saturated heterocycles. The van der Waals surface area contributed by atoms with Gasteiger partial charge in [-0.15, -0.1) is 0 Å². The van der Waals surface area contributed by atoms with Gasteiger partial charge in [-0.2, -0.15) is 0 Å². The lowest BCUT2D eigenvalue weighted by molar-refractivity contribution is 0.0948. The first-order valence-electron chi connectivity index (χ1n) is 8.91. The molecule has 6 nitrogen and oxygen atoms in total. The number of imidazole rings is 1. The highest BCUT2D eigenvalue weighted by molar-refractivity contribution is 5.94. The van der Waals surface area contributed by atoms with E-state index in [0.29, 0.717) is 17.9 Å². The van der Waals surface area contributed by atoms with Crippen LogP contribution in [-0.2, 0) is 6.54 Å². The van der Waals surface area contributed by atoms with Crippen LogP contribution in [0.2, 0.25) is 0 Å². The summed E-state index contributed by atoms with van der Waals surface area (Å²) < 4.78 is 1.79. The summed E-state index contributed by atoms with van der Waals surface area (Å²) in [6.45, 7) is 0.553. The van der Waals surface area contributed by atoms with Crippen molar-refractivity contribution in [2.75, 3.05) is 5.01 Å². The van der Waals surface area contributed by atoms with Gasteiger partial charge < -0.3 is 0 Å². The van der Waals surface area contributed by atoms with E-state index in [9.17, 15) is 4.79 Å². The molecule has 4 aromatic rings. The van der Waals surface area contributed by atoms with Gasteiger partial charge in [0.2, 0.25) is 0 Å². The van der Waals surface area contributed by atoms with Crippen LogP contribution in [0.4, 0.5) is 5.69 Å². The van der Waals surface area contributed by atoms with Crippen LogP contribution in [0.15, 0.2) is 97.7 Å². The lowest BCUT2D eigenvalue weighted by Crippen LogP contribution is -2.42. The van der Waals surface area contributed by atoms with E-state index in [2.05, 4.69) is 15.4 Å². The molecule has 28 heavy (non-hydrogen) atoms. The minimum atomic E-state index is -0.218. The van der Waals surface area contributed by atoms with Crippen molar-refractivity contribution in [3.63, 3.8) is 0 Å². The fraction of sp³-hybridized carbons (Fsp3) is 0.0455. The third-order valence-electron chi connectivity index (χ3n) is 4.27. The van der Waals surface area contributed by atoms with Crippen LogP contribution in [0.25, 0.3) is 5.82 Å². The van der Waals surface area contributed by atoms with Gasteiger partial charge in [0.1, 0.15) is 12.1 Å². The van der Waals surface area contributed by atoms with E-state index in [1.165, 1.54) is 0 Å². The van der Waals surface area contributed by atoms with Crippen LogP contribution < -0.4 is 10.4 Å². The molecule has 0 radical (unpaired) electrons. The molecule has 0 aliphatic heterocycles. The highest BCUT2D eigenvalue weighted by Crippen LogP contribution is 2.15. The number of aromatic nitrogens is 3. The molecule has 0 unspecified atom stereocenters. The Bertz CT molecular complexity index is 1020. The van der Waals surface area contributed by atoms with E-state index in [1.54, 1.807) is 41.6 Å². The SMILES string of the molecule is O=C(NN(Cc1ccccc1)c1ccccc1)c1ccc(-n2ccnc2)nc1. The van der Waals surface area contributed by atoms with E-state index < -0.39 is 0 Å². The van der Waals surface area contributed by atoms with Gasteiger partial charge >= 0.3 is 0 Å². The van der Waals surface area contributed by atoms with Gasteiger partial charge in [0, 0.05) is 18.6 Å². The molecule has 6 heteroatoms. The van der Waals surface area contributed by atoms with E-state index in [-0.39, 0.29) is 5.91 Å². The molecule has 1 amide bonds. The lowest BCUT2D eigenvalue weighted by Gasteiger charge is -2.25. The number of rotatable bonds is 6. The number of hydrazine groups is 1. The van der Waals surface area contributed by atoms with Crippen molar-refractivity contribution in [3.8, 4) is 5.82 Å². The number of benzene rings is 2. The first kappa shape index (κ1) is 17.5. The third kappa shape index (κ3) is 4.07. The fourth-order valence-electron chi connectivity index (χ4n) is 2.82. The molecular formula is C22H19N5O. The molecule has 0 saturated carbocycles. The van der Waals surface area contributed by atoms with Crippen molar-refractivity contribution >= 4 is 11.6 Å². The molecule has 0 aliphatic carbocycles. The molecule has 0 bridgehead atoms. The Labute approximate surface area is 163 Å². The van der Waals surface area contributed by atoms with Gasteiger partial charge in [0.25, 0.3) is 5.91 Å².